The van der Waals surface area contributed by atoms with E-state index in [9.17, 15) is 0 Å². The van der Waals surface area contributed by atoms with Gasteiger partial charge in [-0.15, -0.1) is 0 Å². The number of piperazine rings is 1. The topological polar surface area (TPSA) is 33.7 Å². The van der Waals surface area contributed by atoms with Crippen LogP contribution in [-0.2, 0) is 13.2 Å². The number of ether oxygens (including phenoxy) is 2. The van der Waals surface area contributed by atoms with Crippen LogP contribution in [0.1, 0.15) is 18.1 Å². The molecular weight excluding hydrogens is 300 g/mol. The maximum Gasteiger partial charge on any atom is 0.161 e. The van der Waals surface area contributed by atoms with Crippen molar-refractivity contribution in [3.8, 4) is 11.5 Å². The van der Waals surface area contributed by atoms with Crippen LogP contribution in [0, 0.1) is 0 Å². The summed E-state index contributed by atoms with van der Waals surface area (Å²) in [5, 5.41) is 3.48. The zero-order chi connectivity index (χ0) is 16.8. The van der Waals surface area contributed by atoms with E-state index in [0.29, 0.717) is 12.6 Å². The van der Waals surface area contributed by atoms with Crippen LogP contribution >= 0.6 is 0 Å². The smallest absolute Gasteiger partial charge is 0.161 e. The van der Waals surface area contributed by atoms with Crippen LogP contribution in [0.2, 0.25) is 0 Å². The minimum absolute atomic E-state index is 0.547. The van der Waals surface area contributed by atoms with Gasteiger partial charge in [0.05, 0.1) is 7.11 Å². The lowest BCUT2D eigenvalue weighted by Crippen LogP contribution is -2.48. The molecule has 0 aromatic heterocycles. The quantitative estimate of drug-likeness (QED) is 0.884. The van der Waals surface area contributed by atoms with Gasteiger partial charge in [-0.3, -0.25) is 4.90 Å². The van der Waals surface area contributed by atoms with Crippen LogP contribution in [0.3, 0.4) is 0 Å². The zero-order valence-electron chi connectivity index (χ0n) is 14.5. The number of nitrogens with one attached hydrogen (secondary N) is 1. The summed E-state index contributed by atoms with van der Waals surface area (Å²) in [7, 11) is 1.68. The van der Waals surface area contributed by atoms with Gasteiger partial charge in [0.2, 0.25) is 0 Å². The fourth-order valence-electron chi connectivity index (χ4n) is 3.08. The molecule has 3 rings (SSSR count). The van der Waals surface area contributed by atoms with Crippen LogP contribution in [-0.4, -0.2) is 37.7 Å². The Balaban J connectivity index is 1.68. The molecule has 1 N–H and O–H groups in total. The van der Waals surface area contributed by atoms with Crippen molar-refractivity contribution < 1.29 is 9.47 Å². The van der Waals surface area contributed by atoms with E-state index in [1.54, 1.807) is 7.11 Å². The molecule has 0 bridgehead atoms. The number of methoxy groups -OCH3 is 1. The summed E-state index contributed by atoms with van der Waals surface area (Å²) in [4.78, 5) is 2.48. The minimum Gasteiger partial charge on any atom is -0.493 e. The summed E-state index contributed by atoms with van der Waals surface area (Å²) in [6.07, 6.45) is 0. The van der Waals surface area contributed by atoms with Gasteiger partial charge in [-0.05, 0) is 30.2 Å². The maximum absolute atomic E-state index is 6.01. The van der Waals surface area contributed by atoms with Crippen LogP contribution in [0.5, 0.6) is 11.5 Å². The highest BCUT2D eigenvalue weighted by Crippen LogP contribution is 2.29. The van der Waals surface area contributed by atoms with Gasteiger partial charge in [0.25, 0.3) is 0 Å². The third-order valence-electron chi connectivity index (χ3n) is 4.32. The summed E-state index contributed by atoms with van der Waals surface area (Å²) < 4.78 is 11.5. The molecule has 0 saturated carbocycles. The first kappa shape index (κ1) is 16.8. The molecule has 1 saturated heterocycles. The number of nitrogens with zero attached hydrogens (tertiary/aromatic N) is 1. The standard InChI is InChI=1S/C20H26N2O2/c1-16-13-22(11-10-21-16)14-18-8-9-19(23-2)20(12-18)24-15-17-6-4-3-5-7-17/h3-9,12,16,21H,10-11,13-15H2,1-2H3. The summed E-state index contributed by atoms with van der Waals surface area (Å²) in [6.45, 7) is 6.93. The van der Waals surface area contributed by atoms with Crippen molar-refractivity contribution in [3.63, 3.8) is 0 Å². The Morgan fingerprint density at radius 2 is 1.92 bits per heavy atom. The van der Waals surface area contributed by atoms with Gasteiger partial charge in [-0.1, -0.05) is 36.4 Å². The molecule has 1 unspecified atom stereocenters. The molecule has 0 spiro atoms. The van der Waals surface area contributed by atoms with Crippen molar-refractivity contribution in [2.75, 3.05) is 26.7 Å². The fourth-order valence-corrected chi connectivity index (χ4v) is 3.08. The van der Waals surface area contributed by atoms with E-state index in [1.807, 2.05) is 24.3 Å². The van der Waals surface area contributed by atoms with Crippen molar-refractivity contribution >= 4 is 0 Å². The van der Waals surface area contributed by atoms with E-state index < -0.39 is 0 Å². The monoisotopic (exact) mass is 326 g/mol. The molecule has 1 fully saturated rings. The Bertz CT molecular complexity index is 645. The van der Waals surface area contributed by atoms with Crippen molar-refractivity contribution in [3.05, 3.63) is 59.7 Å². The first-order valence-electron chi connectivity index (χ1n) is 8.54. The van der Waals surface area contributed by atoms with Crippen molar-refractivity contribution in [1.82, 2.24) is 10.2 Å². The van der Waals surface area contributed by atoms with Crippen LogP contribution < -0.4 is 14.8 Å². The Morgan fingerprint density at radius 3 is 2.67 bits per heavy atom. The number of rotatable bonds is 6. The van der Waals surface area contributed by atoms with E-state index in [-0.39, 0.29) is 0 Å². The molecule has 4 nitrogen and oxygen atoms in total. The lowest BCUT2D eigenvalue weighted by molar-refractivity contribution is 0.199. The average molecular weight is 326 g/mol. The molecule has 1 heterocycles. The van der Waals surface area contributed by atoms with Gasteiger partial charge in [0, 0.05) is 32.2 Å². The third kappa shape index (κ3) is 4.49. The van der Waals surface area contributed by atoms with Crippen LogP contribution in [0.4, 0.5) is 0 Å². The van der Waals surface area contributed by atoms with Gasteiger partial charge in [-0.2, -0.15) is 0 Å². The first-order valence-corrected chi connectivity index (χ1v) is 8.54. The molecule has 4 heteroatoms. The largest absolute Gasteiger partial charge is 0.493 e. The highest BCUT2D eigenvalue weighted by atomic mass is 16.5. The summed E-state index contributed by atoms with van der Waals surface area (Å²) in [6, 6.07) is 17.0. The Hall–Kier alpha value is -2.04. The Labute approximate surface area is 144 Å². The number of hydrogen-bond acceptors (Lipinski definition) is 4. The first-order chi connectivity index (χ1) is 11.7. The van der Waals surface area contributed by atoms with Gasteiger partial charge in [0.1, 0.15) is 6.61 Å². The molecule has 1 aliphatic heterocycles. The minimum atomic E-state index is 0.547. The fraction of sp³-hybridized carbons (Fsp3) is 0.400. The second-order valence-corrected chi connectivity index (χ2v) is 6.35. The van der Waals surface area contributed by atoms with Gasteiger partial charge in [0.15, 0.2) is 11.5 Å². The predicted molar refractivity (Wildman–Crippen MR) is 96.5 cm³/mol. The molecule has 0 radical (unpaired) electrons. The van der Waals surface area contributed by atoms with Crippen molar-refractivity contribution in [2.24, 2.45) is 0 Å². The third-order valence-corrected chi connectivity index (χ3v) is 4.32. The highest BCUT2D eigenvalue weighted by Gasteiger charge is 2.16. The number of benzene rings is 2. The molecule has 0 aliphatic carbocycles. The van der Waals surface area contributed by atoms with E-state index in [2.05, 4.69) is 41.4 Å². The van der Waals surface area contributed by atoms with Crippen LogP contribution in [0.25, 0.3) is 0 Å². The SMILES string of the molecule is COc1ccc(CN2CCNC(C)C2)cc1OCc1ccccc1. The van der Waals surface area contributed by atoms with E-state index in [4.69, 9.17) is 9.47 Å². The van der Waals surface area contributed by atoms with E-state index in [1.165, 1.54) is 5.56 Å². The van der Waals surface area contributed by atoms with Crippen LogP contribution in [0.15, 0.2) is 48.5 Å². The lowest BCUT2D eigenvalue weighted by atomic mass is 10.1. The van der Waals surface area contributed by atoms with Crippen molar-refractivity contribution in [2.45, 2.75) is 26.1 Å². The molecule has 1 atom stereocenters. The average Bonchev–Trinajstić information content (AvgIpc) is 2.61. The molecule has 2 aromatic carbocycles. The second-order valence-electron chi connectivity index (χ2n) is 6.35. The maximum atomic E-state index is 6.01. The molecule has 128 valence electrons. The molecule has 2 aromatic rings. The molecule has 1 aliphatic rings. The lowest BCUT2D eigenvalue weighted by Gasteiger charge is -2.31. The molecule has 24 heavy (non-hydrogen) atoms. The van der Waals surface area contributed by atoms with E-state index in [0.717, 1.165) is 43.2 Å². The van der Waals surface area contributed by atoms with Gasteiger partial charge in [-0.25, -0.2) is 0 Å². The summed E-state index contributed by atoms with van der Waals surface area (Å²) in [5.74, 6) is 1.59. The highest BCUT2D eigenvalue weighted by molar-refractivity contribution is 5.43. The molecule has 0 amide bonds. The normalized spacial score (nSPS) is 18.3. The van der Waals surface area contributed by atoms with Gasteiger partial charge < -0.3 is 14.8 Å². The second kappa shape index (κ2) is 8.18. The Kier molecular flexibility index (Phi) is 5.72. The summed E-state index contributed by atoms with van der Waals surface area (Å²) in [5.41, 5.74) is 2.41. The number of hydrogen-bond donors (Lipinski definition) is 1. The summed E-state index contributed by atoms with van der Waals surface area (Å²) >= 11 is 0. The predicted octanol–water partition coefficient (Wildman–Crippen LogP) is 3.07. The molecular formula is C20H26N2O2. The zero-order valence-corrected chi connectivity index (χ0v) is 14.5. The van der Waals surface area contributed by atoms with E-state index >= 15 is 0 Å². The van der Waals surface area contributed by atoms with Crippen molar-refractivity contribution in [1.29, 1.82) is 0 Å². The van der Waals surface area contributed by atoms with Gasteiger partial charge >= 0.3 is 0 Å². The Morgan fingerprint density at radius 1 is 1.08 bits per heavy atom.